The first-order chi connectivity index (χ1) is 11.9. The molecule has 130 valence electrons. The average molecular weight is 374 g/mol. The van der Waals surface area contributed by atoms with E-state index in [0.29, 0.717) is 5.56 Å². The van der Waals surface area contributed by atoms with E-state index in [1.165, 1.54) is 11.0 Å². The van der Waals surface area contributed by atoms with Gasteiger partial charge in [-0.1, -0.05) is 25.1 Å². The molecule has 0 saturated heterocycles. The van der Waals surface area contributed by atoms with E-state index in [1.54, 1.807) is 30.0 Å². The van der Waals surface area contributed by atoms with Crippen molar-refractivity contribution >= 4 is 33.6 Å². The highest BCUT2D eigenvalue weighted by Crippen LogP contribution is 2.31. The molecular weight excluding hydrogens is 356 g/mol. The van der Waals surface area contributed by atoms with Crippen LogP contribution in [0.25, 0.3) is 17.2 Å². The van der Waals surface area contributed by atoms with E-state index >= 15 is 0 Å². The molecule has 25 heavy (non-hydrogen) atoms. The molecule has 0 bridgehead atoms. The summed E-state index contributed by atoms with van der Waals surface area (Å²) in [6.07, 6.45) is 1.50. The summed E-state index contributed by atoms with van der Waals surface area (Å²) in [5, 5.41) is 9.26. The van der Waals surface area contributed by atoms with Gasteiger partial charge >= 0.3 is 5.97 Å². The van der Waals surface area contributed by atoms with E-state index < -0.39 is 15.8 Å². The fourth-order valence-corrected chi connectivity index (χ4v) is 4.94. The van der Waals surface area contributed by atoms with Gasteiger partial charge in [-0.05, 0) is 59.2 Å². The lowest BCUT2D eigenvalue weighted by Gasteiger charge is -2.09. The van der Waals surface area contributed by atoms with Crippen molar-refractivity contribution in [3.8, 4) is 11.1 Å². The van der Waals surface area contributed by atoms with Gasteiger partial charge in [0.15, 0.2) is 9.84 Å². The smallest absolute Gasteiger partial charge is 0.331 e. The van der Waals surface area contributed by atoms with Crippen molar-refractivity contribution in [1.82, 2.24) is 0 Å². The monoisotopic (exact) mass is 374 g/mol. The number of thioether (sulfide) groups is 1. The Morgan fingerprint density at radius 2 is 1.80 bits per heavy atom. The maximum atomic E-state index is 12.4. The van der Waals surface area contributed by atoms with E-state index in [9.17, 15) is 18.3 Å². The number of carboxylic acids is 1. The minimum atomic E-state index is -3.48. The first-order valence-corrected chi connectivity index (χ1v) is 10.6. The minimum Gasteiger partial charge on any atom is -0.478 e. The lowest BCUT2D eigenvalue weighted by Crippen LogP contribution is -2.08. The molecule has 0 saturated carbocycles. The quantitative estimate of drug-likeness (QED) is 0.816. The molecule has 1 aliphatic heterocycles. The second-order valence-electron chi connectivity index (χ2n) is 5.75. The van der Waals surface area contributed by atoms with Crippen molar-refractivity contribution in [2.24, 2.45) is 0 Å². The average Bonchev–Trinajstić information content (AvgIpc) is 2.72. The number of hydrogen-bond acceptors (Lipinski definition) is 4. The maximum absolute atomic E-state index is 12.4. The van der Waals surface area contributed by atoms with Crippen LogP contribution in [0.2, 0.25) is 0 Å². The lowest BCUT2D eigenvalue weighted by atomic mass is 10.0. The number of aliphatic carboxylic acids is 1. The van der Waals surface area contributed by atoms with Gasteiger partial charge in [0.2, 0.25) is 0 Å². The van der Waals surface area contributed by atoms with Gasteiger partial charge in [0, 0.05) is 10.5 Å². The van der Waals surface area contributed by atoms with Crippen LogP contribution in [-0.2, 0) is 14.6 Å². The molecule has 2 aromatic carbocycles. The predicted octanol–water partition coefficient (Wildman–Crippen LogP) is 4.11. The van der Waals surface area contributed by atoms with Crippen molar-refractivity contribution in [2.75, 3.05) is 11.5 Å². The van der Waals surface area contributed by atoms with Gasteiger partial charge in [-0.3, -0.25) is 0 Å². The Kier molecular flexibility index (Phi) is 5.01. The second-order valence-corrected chi connectivity index (χ2v) is 9.17. The zero-order chi connectivity index (χ0) is 18.0. The number of rotatable bonds is 4. The first kappa shape index (κ1) is 17.8. The summed E-state index contributed by atoms with van der Waals surface area (Å²) in [4.78, 5) is 12.7. The predicted molar refractivity (Wildman–Crippen MR) is 101 cm³/mol. The molecule has 2 aromatic rings. The van der Waals surface area contributed by atoms with Crippen LogP contribution in [0.1, 0.15) is 18.9 Å². The number of benzene rings is 2. The fourth-order valence-electron chi connectivity index (χ4n) is 2.82. The van der Waals surface area contributed by atoms with E-state index in [-0.39, 0.29) is 22.6 Å². The molecule has 0 aliphatic carbocycles. The van der Waals surface area contributed by atoms with Gasteiger partial charge in [-0.15, -0.1) is 11.8 Å². The van der Waals surface area contributed by atoms with Crippen LogP contribution in [-0.4, -0.2) is 31.0 Å². The second kappa shape index (κ2) is 7.06. The Bertz CT molecular complexity index is 942. The van der Waals surface area contributed by atoms with E-state index in [1.807, 2.05) is 24.3 Å². The van der Waals surface area contributed by atoms with E-state index in [4.69, 9.17) is 0 Å². The minimum absolute atomic E-state index is 0.0185. The molecule has 0 spiro atoms. The van der Waals surface area contributed by atoms with Crippen LogP contribution in [0.4, 0.5) is 0 Å². The molecule has 0 amide bonds. The molecule has 1 heterocycles. The fraction of sp³-hybridized carbons (Fsp3) is 0.211. The van der Waals surface area contributed by atoms with Gasteiger partial charge < -0.3 is 5.11 Å². The van der Waals surface area contributed by atoms with Crippen molar-refractivity contribution in [2.45, 2.75) is 23.1 Å². The van der Waals surface area contributed by atoms with E-state index in [0.717, 1.165) is 16.9 Å². The summed E-state index contributed by atoms with van der Waals surface area (Å²) in [7, 11) is -3.48. The number of hydrogen-bond donors (Lipinski definition) is 1. The zero-order valence-electron chi connectivity index (χ0n) is 13.7. The molecule has 0 radical (unpaired) electrons. The summed E-state index contributed by atoms with van der Waals surface area (Å²) in [6, 6.07) is 13.2. The third-order valence-corrected chi connectivity index (χ3v) is 6.77. The van der Waals surface area contributed by atoms with Gasteiger partial charge in [-0.2, -0.15) is 0 Å². The highest BCUT2D eigenvalue weighted by molar-refractivity contribution is 7.99. The number of fused-ring (bicyclic) bond motifs is 1. The van der Waals surface area contributed by atoms with Crippen LogP contribution >= 0.6 is 11.8 Å². The van der Waals surface area contributed by atoms with Gasteiger partial charge in [0.25, 0.3) is 0 Å². The van der Waals surface area contributed by atoms with Crippen LogP contribution in [0.3, 0.4) is 0 Å². The molecule has 0 unspecified atom stereocenters. The molecular formula is C19H18O4S2. The van der Waals surface area contributed by atoms with Crippen molar-refractivity contribution in [3.63, 3.8) is 0 Å². The standard InChI is InChI=1S/C19H18O4S2/c1-2-24-17-6-3-13(4-7-17)14-5-8-18-16(11-14)12-15(19(20)21)9-10-25(18,22)23/h3-8,11-12H,2,9-10H2,1H3,(H,20,21). The Balaban J connectivity index is 2.07. The summed E-state index contributed by atoms with van der Waals surface area (Å²) in [5.74, 6) is -0.256. The Morgan fingerprint density at radius 1 is 1.12 bits per heavy atom. The molecule has 0 atom stereocenters. The lowest BCUT2D eigenvalue weighted by molar-refractivity contribution is -0.132. The van der Waals surface area contributed by atoms with E-state index in [2.05, 4.69) is 6.92 Å². The first-order valence-electron chi connectivity index (χ1n) is 7.94. The molecule has 0 aromatic heterocycles. The molecule has 1 aliphatic rings. The Hall–Kier alpha value is -2.05. The van der Waals surface area contributed by atoms with Crippen molar-refractivity contribution in [3.05, 3.63) is 53.6 Å². The molecule has 6 heteroatoms. The number of carbonyl (C=O) groups is 1. The van der Waals surface area contributed by atoms with Crippen LogP contribution in [0.15, 0.2) is 57.8 Å². The topological polar surface area (TPSA) is 71.4 Å². The number of carboxylic acid groups (broad SMARTS) is 1. The third-order valence-electron chi connectivity index (χ3n) is 4.09. The Morgan fingerprint density at radius 3 is 2.44 bits per heavy atom. The highest BCUT2D eigenvalue weighted by Gasteiger charge is 2.24. The summed E-state index contributed by atoms with van der Waals surface area (Å²) in [5.41, 5.74) is 2.40. The van der Waals surface area contributed by atoms with Gasteiger partial charge in [-0.25, -0.2) is 13.2 Å². The number of sulfone groups is 1. The molecule has 0 fully saturated rings. The summed E-state index contributed by atoms with van der Waals surface area (Å²) < 4.78 is 24.8. The largest absolute Gasteiger partial charge is 0.478 e. The van der Waals surface area contributed by atoms with Crippen molar-refractivity contribution in [1.29, 1.82) is 0 Å². The normalized spacial score (nSPS) is 15.8. The highest BCUT2D eigenvalue weighted by atomic mass is 32.2. The molecule has 1 N–H and O–H groups in total. The van der Waals surface area contributed by atoms with Crippen molar-refractivity contribution < 1.29 is 18.3 Å². The van der Waals surface area contributed by atoms with Crippen LogP contribution < -0.4 is 0 Å². The Labute approximate surface area is 151 Å². The summed E-state index contributed by atoms with van der Waals surface area (Å²) in [6.45, 7) is 2.10. The molecule has 3 rings (SSSR count). The van der Waals surface area contributed by atoms with Gasteiger partial charge in [0.1, 0.15) is 0 Å². The summed E-state index contributed by atoms with van der Waals surface area (Å²) >= 11 is 1.75. The van der Waals surface area contributed by atoms with Crippen LogP contribution in [0.5, 0.6) is 0 Å². The van der Waals surface area contributed by atoms with Crippen LogP contribution in [0, 0.1) is 0 Å². The van der Waals surface area contributed by atoms with Gasteiger partial charge in [0.05, 0.1) is 10.6 Å². The maximum Gasteiger partial charge on any atom is 0.331 e. The third kappa shape index (κ3) is 3.80. The molecule has 4 nitrogen and oxygen atoms in total. The SMILES string of the molecule is CCSc1ccc(-c2ccc3c(c2)C=C(C(=O)O)CCS3(=O)=O)cc1. The zero-order valence-corrected chi connectivity index (χ0v) is 15.4.